The maximum atomic E-state index is 3.46. The van der Waals surface area contributed by atoms with Crippen LogP contribution in [0.4, 0.5) is 0 Å². The molecule has 0 bridgehead atoms. The number of hydrogen-bond donors (Lipinski definition) is 2. The van der Waals surface area contributed by atoms with Gasteiger partial charge in [0.15, 0.2) is 0 Å². The first-order valence-electron chi connectivity index (χ1n) is 6.19. The maximum Gasteiger partial charge on any atom is 0.0161 e. The van der Waals surface area contributed by atoms with Gasteiger partial charge in [0, 0.05) is 12.6 Å². The third-order valence-corrected chi connectivity index (χ3v) is 2.65. The summed E-state index contributed by atoms with van der Waals surface area (Å²) in [4.78, 5) is 0. The second kappa shape index (κ2) is 11.0. The molecule has 0 amide bonds. The highest BCUT2D eigenvalue weighted by molar-refractivity contribution is 4.60. The quantitative estimate of drug-likeness (QED) is 0.530. The zero-order valence-electron chi connectivity index (χ0n) is 10.2. The topological polar surface area (TPSA) is 24.1 Å². The van der Waals surface area contributed by atoms with E-state index in [9.17, 15) is 0 Å². The summed E-state index contributed by atoms with van der Waals surface area (Å²) in [6.45, 7) is 6.73. The molecule has 0 aliphatic heterocycles. The van der Waals surface area contributed by atoms with Crippen LogP contribution in [-0.2, 0) is 0 Å². The molecule has 0 rings (SSSR count). The number of hydrogen-bond acceptors (Lipinski definition) is 2. The highest BCUT2D eigenvalue weighted by Gasteiger charge is 1.95. The molecule has 0 aromatic rings. The van der Waals surface area contributed by atoms with E-state index < -0.39 is 0 Å². The van der Waals surface area contributed by atoms with E-state index in [0.717, 1.165) is 6.54 Å². The van der Waals surface area contributed by atoms with Crippen LogP contribution >= 0.6 is 0 Å². The summed E-state index contributed by atoms with van der Waals surface area (Å²) < 4.78 is 0. The van der Waals surface area contributed by atoms with Gasteiger partial charge in [-0.25, -0.2) is 0 Å². The van der Waals surface area contributed by atoms with Crippen LogP contribution in [0.25, 0.3) is 0 Å². The molecule has 0 fully saturated rings. The molecule has 0 aliphatic rings. The first-order valence-corrected chi connectivity index (χ1v) is 6.19. The van der Waals surface area contributed by atoms with Gasteiger partial charge in [-0.3, -0.25) is 0 Å². The Bertz CT molecular complexity index is 104. The van der Waals surface area contributed by atoms with Crippen molar-refractivity contribution in [2.75, 3.05) is 20.1 Å². The van der Waals surface area contributed by atoms with Crippen LogP contribution in [0.3, 0.4) is 0 Å². The Balaban J connectivity index is 2.92. The predicted molar refractivity (Wildman–Crippen MR) is 64.8 cm³/mol. The van der Waals surface area contributed by atoms with Crippen LogP contribution < -0.4 is 10.6 Å². The first kappa shape index (κ1) is 13.9. The van der Waals surface area contributed by atoms with Crippen molar-refractivity contribution in [3.8, 4) is 0 Å². The van der Waals surface area contributed by atoms with Crippen molar-refractivity contribution in [3.05, 3.63) is 0 Å². The van der Waals surface area contributed by atoms with Gasteiger partial charge in [-0.05, 0) is 26.9 Å². The molecule has 1 atom stereocenters. The normalized spacial score (nSPS) is 13.1. The Labute approximate surface area is 89.9 Å². The molecule has 0 heterocycles. The maximum absolute atomic E-state index is 3.46. The molecule has 2 heteroatoms. The van der Waals surface area contributed by atoms with E-state index in [-0.39, 0.29) is 0 Å². The molecular weight excluding hydrogens is 172 g/mol. The lowest BCUT2D eigenvalue weighted by atomic mass is 10.1. The second-order valence-electron chi connectivity index (χ2n) is 4.16. The molecule has 0 aromatic carbocycles. The van der Waals surface area contributed by atoms with Gasteiger partial charge >= 0.3 is 0 Å². The third-order valence-electron chi connectivity index (χ3n) is 2.65. The summed E-state index contributed by atoms with van der Waals surface area (Å²) in [5.41, 5.74) is 0. The van der Waals surface area contributed by atoms with Crippen molar-refractivity contribution in [2.24, 2.45) is 0 Å². The van der Waals surface area contributed by atoms with Crippen LogP contribution in [-0.4, -0.2) is 26.2 Å². The van der Waals surface area contributed by atoms with Gasteiger partial charge < -0.3 is 10.6 Å². The molecule has 0 saturated heterocycles. The van der Waals surface area contributed by atoms with E-state index in [1.807, 2.05) is 7.05 Å². The lowest BCUT2D eigenvalue weighted by Gasteiger charge is -2.10. The molecule has 14 heavy (non-hydrogen) atoms. The third kappa shape index (κ3) is 10.0. The zero-order chi connectivity index (χ0) is 10.6. The molecule has 0 aromatic heterocycles. The minimum absolute atomic E-state index is 0.593. The lowest BCUT2D eigenvalue weighted by molar-refractivity contribution is 0.517. The minimum atomic E-state index is 0.593. The number of rotatable bonds is 10. The van der Waals surface area contributed by atoms with E-state index in [4.69, 9.17) is 0 Å². The average molecular weight is 200 g/mol. The second-order valence-corrected chi connectivity index (χ2v) is 4.16. The SMILES string of the molecule is CCCCCCCCNCC(C)NC. The number of nitrogens with one attached hydrogen (secondary N) is 2. The summed E-state index contributed by atoms with van der Waals surface area (Å²) in [6.07, 6.45) is 8.31. The molecule has 2 N–H and O–H groups in total. The Hall–Kier alpha value is -0.0800. The van der Waals surface area contributed by atoms with Crippen LogP contribution in [0, 0.1) is 0 Å². The Kier molecular flexibility index (Phi) is 10.9. The lowest BCUT2D eigenvalue weighted by Crippen LogP contribution is -2.34. The van der Waals surface area contributed by atoms with Gasteiger partial charge in [-0.1, -0.05) is 39.0 Å². The number of unbranched alkanes of at least 4 members (excludes halogenated alkanes) is 5. The average Bonchev–Trinajstić information content (AvgIpc) is 2.21. The Morgan fingerprint density at radius 3 is 2.29 bits per heavy atom. The highest BCUT2D eigenvalue weighted by atomic mass is 14.9. The van der Waals surface area contributed by atoms with Gasteiger partial charge in [0.1, 0.15) is 0 Å². The Morgan fingerprint density at radius 2 is 1.64 bits per heavy atom. The van der Waals surface area contributed by atoms with E-state index in [2.05, 4.69) is 24.5 Å². The summed E-state index contributed by atoms with van der Waals surface area (Å²) in [5, 5.41) is 6.69. The molecule has 0 spiro atoms. The van der Waals surface area contributed by atoms with Crippen molar-refractivity contribution in [2.45, 2.75) is 58.4 Å². The molecule has 86 valence electrons. The molecule has 0 radical (unpaired) electrons. The predicted octanol–water partition coefficient (Wildman–Crippen LogP) is 2.54. The molecule has 0 aliphatic carbocycles. The molecule has 2 nitrogen and oxygen atoms in total. The summed E-state index contributed by atoms with van der Waals surface area (Å²) in [5.74, 6) is 0. The van der Waals surface area contributed by atoms with E-state index >= 15 is 0 Å². The fourth-order valence-corrected chi connectivity index (χ4v) is 1.45. The van der Waals surface area contributed by atoms with Crippen molar-refractivity contribution >= 4 is 0 Å². The van der Waals surface area contributed by atoms with Gasteiger partial charge in [0.25, 0.3) is 0 Å². The van der Waals surface area contributed by atoms with Crippen molar-refractivity contribution in [1.29, 1.82) is 0 Å². The standard InChI is InChI=1S/C12H28N2/c1-4-5-6-7-8-9-10-14-11-12(2)13-3/h12-14H,4-11H2,1-3H3. The van der Waals surface area contributed by atoms with Crippen molar-refractivity contribution < 1.29 is 0 Å². The summed E-state index contributed by atoms with van der Waals surface area (Å²) in [7, 11) is 2.01. The van der Waals surface area contributed by atoms with Gasteiger partial charge in [0.05, 0.1) is 0 Å². The fraction of sp³-hybridized carbons (Fsp3) is 1.00. The van der Waals surface area contributed by atoms with E-state index in [0.29, 0.717) is 6.04 Å². The van der Waals surface area contributed by atoms with Crippen molar-refractivity contribution in [1.82, 2.24) is 10.6 Å². The van der Waals surface area contributed by atoms with Gasteiger partial charge in [-0.15, -0.1) is 0 Å². The zero-order valence-corrected chi connectivity index (χ0v) is 10.2. The van der Waals surface area contributed by atoms with E-state index in [1.165, 1.54) is 45.1 Å². The fourth-order valence-electron chi connectivity index (χ4n) is 1.45. The van der Waals surface area contributed by atoms with Gasteiger partial charge in [0.2, 0.25) is 0 Å². The monoisotopic (exact) mass is 200 g/mol. The van der Waals surface area contributed by atoms with Crippen molar-refractivity contribution in [3.63, 3.8) is 0 Å². The van der Waals surface area contributed by atoms with Gasteiger partial charge in [-0.2, -0.15) is 0 Å². The number of likely N-dealkylation sites (N-methyl/N-ethyl adjacent to an activating group) is 1. The highest BCUT2D eigenvalue weighted by Crippen LogP contribution is 2.03. The largest absolute Gasteiger partial charge is 0.316 e. The van der Waals surface area contributed by atoms with Crippen LogP contribution in [0.1, 0.15) is 52.4 Å². The molecule has 0 saturated carbocycles. The van der Waals surface area contributed by atoms with E-state index in [1.54, 1.807) is 0 Å². The first-order chi connectivity index (χ1) is 6.81. The Morgan fingerprint density at radius 1 is 1.00 bits per heavy atom. The minimum Gasteiger partial charge on any atom is -0.316 e. The van der Waals surface area contributed by atoms with Crippen LogP contribution in [0.5, 0.6) is 0 Å². The molecular formula is C12H28N2. The van der Waals surface area contributed by atoms with Crippen LogP contribution in [0.15, 0.2) is 0 Å². The smallest absolute Gasteiger partial charge is 0.0161 e. The van der Waals surface area contributed by atoms with Crippen LogP contribution in [0.2, 0.25) is 0 Å². The summed E-state index contributed by atoms with van der Waals surface area (Å²) in [6, 6.07) is 0.593. The summed E-state index contributed by atoms with van der Waals surface area (Å²) >= 11 is 0. The molecule has 1 unspecified atom stereocenters.